The van der Waals surface area contributed by atoms with Crippen LogP contribution in [-0.4, -0.2) is 19.9 Å². The predicted octanol–water partition coefficient (Wildman–Crippen LogP) is 15.2. The molecule has 0 N–H and O–H groups in total. The highest BCUT2D eigenvalue weighted by Crippen LogP contribution is 2.39. The summed E-state index contributed by atoms with van der Waals surface area (Å²) in [6, 6.07) is 69.2. The molecule has 0 fully saturated rings. The maximum Gasteiger partial charge on any atom is 0.0972 e. The molecule has 0 radical (unpaired) electrons. The van der Waals surface area contributed by atoms with Crippen molar-refractivity contribution in [3.63, 3.8) is 0 Å². The quantitative estimate of drug-likeness (QED) is 0.167. The van der Waals surface area contributed by atoms with E-state index >= 15 is 0 Å². The number of aromatic nitrogens is 4. The Morgan fingerprint density at radius 1 is 0.246 bits per heavy atom. The fraction of sp³-hybridized carbons (Fsp3) is 0. The van der Waals surface area contributed by atoms with E-state index in [0.29, 0.717) is 0 Å². The number of benzene rings is 8. The van der Waals surface area contributed by atoms with Gasteiger partial charge in [-0.3, -0.25) is 0 Å². The molecule has 282 valence electrons. The topological polar surface area (TPSA) is 51.6 Å². The largest absolute Gasteiger partial charge is 0.245 e. The molecular formula is C56H32N4S. The van der Waals surface area contributed by atoms with Gasteiger partial charge in [-0.05, 0) is 82.2 Å². The van der Waals surface area contributed by atoms with E-state index in [-0.39, 0.29) is 0 Å². The smallest absolute Gasteiger partial charge is 0.0972 e. The van der Waals surface area contributed by atoms with Crippen LogP contribution in [0.15, 0.2) is 194 Å². The number of pyridine rings is 4. The number of fused-ring (bicyclic) bond motifs is 11. The number of thiophene rings is 1. The van der Waals surface area contributed by atoms with Gasteiger partial charge in [0.1, 0.15) is 0 Å². The summed E-state index contributed by atoms with van der Waals surface area (Å²) < 4.78 is 2.48. The van der Waals surface area contributed by atoms with Crippen molar-refractivity contribution in [2.75, 3.05) is 0 Å². The van der Waals surface area contributed by atoms with E-state index in [9.17, 15) is 0 Å². The zero-order valence-corrected chi connectivity index (χ0v) is 33.5. The van der Waals surface area contributed by atoms with Crippen LogP contribution in [0.5, 0.6) is 0 Å². The van der Waals surface area contributed by atoms with Crippen LogP contribution in [-0.2, 0) is 0 Å². The van der Waals surface area contributed by atoms with Crippen molar-refractivity contribution in [2.24, 2.45) is 0 Å². The molecule has 0 amide bonds. The van der Waals surface area contributed by atoms with Crippen LogP contribution in [0, 0.1) is 0 Å². The third-order valence-corrected chi connectivity index (χ3v) is 13.3. The van der Waals surface area contributed by atoms with E-state index < -0.39 is 0 Å². The Kier molecular flexibility index (Phi) is 7.44. The minimum atomic E-state index is 0.906. The van der Waals surface area contributed by atoms with Gasteiger partial charge in [-0.25, -0.2) is 19.9 Å². The van der Waals surface area contributed by atoms with E-state index in [2.05, 4.69) is 194 Å². The fourth-order valence-corrected chi connectivity index (χ4v) is 10.0. The molecule has 0 saturated heterocycles. The van der Waals surface area contributed by atoms with E-state index in [0.717, 1.165) is 88.6 Å². The first kappa shape index (κ1) is 34.0. The van der Waals surface area contributed by atoms with Gasteiger partial charge >= 0.3 is 0 Å². The van der Waals surface area contributed by atoms with Gasteiger partial charge in [0, 0.05) is 64.0 Å². The lowest BCUT2D eigenvalue weighted by Crippen LogP contribution is -1.91. The highest BCUT2D eigenvalue weighted by molar-refractivity contribution is 7.25. The second kappa shape index (κ2) is 13.3. The molecule has 5 heterocycles. The molecule has 13 rings (SSSR count). The summed E-state index contributed by atoms with van der Waals surface area (Å²) in [7, 11) is 0. The summed E-state index contributed by atoms with van der Waals surface area (Å²) >= 11 is 1.82. The average molecular weight is 793 g/mol. The van der Waals surface area contributed by atoms with Crippen LogP contribution in [0.4, 0.5) is 0 Å². The summed E-state index contributed by atoms with van der Waals surface area (Å²) in [4.78, 5) is 21.1. The normalized spacial score (nSPS) is 11.9. The van der Waals surface area contributed by atoms with Crippen molar-refractivity contribution in [3.8, 4) is 45.0 Å². The van der Waals surface area contributed by atoms with Gasteiger partial charge in [-0.2, -0.15) is 0 Å². The second-order valence-electron chi connectivity index (χ2n) is 15.9. The van der Waals surface area contributed by atoms with Gasteiger partial charge in [-0.1, -0.05) is 133 Å². The zero-order chi connectivity index (χ0) is 40.0. The summed E-state index contributed by atoms with van der Waals surface area (Å²) in [5, 5.41) is 11.6. The molecular weight excluding hydrogens is 761 g/mol. The summed E-state index contributed by atoms with van der Waals surface area (Å²) in [5.41, 5.74) is 11.7. The van der Waals surface area contributed by atoms with Crippen molar-refractivity contribution in [1.82, 2.24) is 19.9 Å². The molecule has 0 bridgehead atoms. The standard InChI is InChI=1S/C56H32N4S/c1-3-7-39-29-41(15-9-33(39)5-1)47-23-17-35-11-13-37-19-25-49(59-55(37)53(35)57-47)43-21-27-51-45(31-43)46-32-44(22-28-52(46)61-51)50-26-20-38-14-12-36-18-24-48(58-54(36)56(38)60-50)42-16-10-34-6-2-4-8-40(34)30-42/h1-32H. The van der Waals surface area contributed by atoms with Gasteiger partial charge in [0.05, 0.1) is 44.8 Å². The molecule has 8 aromatic carbocycles. The van der Waals surface area contributed by atoms with Gasteiger partial charge in [0.25, 0.3) is 0 Å². The van der Waals surface area contributed by atoms with Crippen molar-refractivity contribution in [3.05, 3.63) is 194 Å². The maximum atomic E-state index is 5.31. The van der Waals surface area contributed by atoms with Crippen LogP contribution in [0.3, 0.4) is 0 Å². The Labute approximate surface area is 354 Å². The van der Waals surface area contributed by atoms with Gasteiger partial charge in [-0.15, -0.1) is 11.3 Å². The first-order chi connectivity index (χ1) is 30.1. The van der Waals surface area contributed by atoms with Crippen molar-refractivity contribution >= 4 is 96.7 Å². The third-order valence-electron chi connectivity index (χ3n) is 12.2. The van der Waals surface area contributed by atoms with Crippen LogP contribution >= 0.6 is 11.3 Å². The van der Waals surface area contributed by atoms with Crippen molar-refractivity contribution in [2.45, 2.75) is 0 Å². The lowest BCUT2D eigenvalue weighted by Gasteiger charge is -2.09. The Balaban J connectivity index is 0.895. The molecule has 61 heavy (non-hydrogen) atoms. The third kappa shape index (κ3) is 5.66. The Bertz CT molecular complexity index is 3700. The molecule has 0 aliphatic carbocycles. The summed E-state index contributed by atoms with van der Waals surface area (Å²) in [5.74, 6) is 0. The number of hydrogen-bond donors (Lipinski definition) is 0. The first-order valence-electron chi connectivity index (χ1n) is 20.5. The highest BCUT2D eigenvalue weighted by Gasteiger charge is 2.14. The van der Waals surface area contributed by atoms with Crippen LogP contribution in [0.1, 0.15) is 0 Å². The number of rotatable bonds is 4. The van der Waals surface area contributed by atoms with E-state index in [1.54, 1.807) is 0 Å². The predicted molar refractivity (Wildman–Crippen MR) is 257 cm³/mol. The van der Waals surface area contributed by atoms with E-state index in [1.165, 1.54) is 41.7 Å². The van der Waals surface area contributed by atoms with E-state index in [1.807, 2.05) is 11.3 Å². The molecule has 0 aliphatic rings. The lowest BCUT2D eigenvalue weighted by molar-refractivity contribution is 1.37. The maximum absolute atomic E-state index is 5.31. The van der Waals surface area contributed by atoms with Crippen molar-refractivity contribution in [1.29, 1.82) is 0 Å². The molecule has 5 heteroatoms. The zero-order valence-electron chi connectivity index (χ0n) is 32.7. The molecule has 5 aromatic heterocycles. The molecule has 0 saturated carbocycles. The van der Waals surface area contributed by atoms with E-state index in [4.69, 9.17) is 19.9 Å². The van der Waals surface area contributed by atoms with Crippen LogP contribution in [0.25, 0.3) is 130 Å². The monoisotopic (exact) mass is 792 g/mol. The number of hydrogen-bond acceptors (Lipinski definition) is 5. The highest BCUT2D eigenvalue weighted by atomic mass is 32.1. The van der Waals surface area contributed by atoms with Crippen LogP contribution in [0.2, 0.25) is 0 Å². The second-order valence-corrected chi connectivity index (χ2v) is 16.9. The van der Waals surface area contributed by atoms with Gasteiger partial charge < -0.3 is 0 Å². The van der Waals surface area contributed by atoms with Gasteiger partial charge in [0.2, 0.25) is 0 Å². The Morgan fingerprint density at radius 3 is 0.918 bits per heavy atom. The molecule has 0 atom stereocenters. The van der Waals surface area contributed by atoms with Crippen molar-refractivity contribution < 1.29 is 0 Å². The number of nitrogens with zero attached hydrogens (tertiary/aromatic N) is 4. The lowest BCUT2D eigenvalue weighted by atomic mass is 10.0. The molecule has 0 unspecified atom stereocenters. The first-order valence-corrected chi connectivity index (χ1v) is 21.3. The summed E-state index contributed by atoms with van der Waals surface area (Å²) in [6.07, 6.45) is 0. The fourth-order valence-electron chi connectivity index (χ4n) is 8.97. The molecule has 0 aliphatic heterocycles. The Morgan fingerprint density at radius 2 is 0.541 bits per heavy atom. The average Bonchev–Trinajstić information content (AvgIpc) is 3.70. The van der Waals surface area contributed by atoms with Crippen LogP contribution < -0.4 is 0 Å². The minimum Gasteiger partial charge on any atom is -0.245 e. The molecule has 4 nitrogen and oxygen atoms in total. The molecule has 0 spiro atoms. The molecule has 13 aromatic rings. The summed E-state index contributed by atoms with van der Waals surface area (Å²) in [6.45, 7) is 0. The SMILES string of the molecule is c1ccc2cc(-c3ccc4ccc5ccc(-c6ccc7sc8ccc(-c9ccc%10ccc%11ccc(-c%12ccc%13ccccc%13c%12)nc%11c%10n9)cc8c7c6)nc5c4n3)ccc2c1. The Hall–Kier alpha value is -7.86. The van der Waals surface area contributed by atoms with Gasteiger partial charge in [0.15, 0.2) is 0 Å². The minimum absolute atomic E-state index is 0.906.